The zero-order valence-electron chi connectivity index (χ0n) is 12.7. The van der Waals surface area contributed by atoms with E-state index in [1.54, 1.807) is 10.7 Å². The minimum absolute atomic E-state index is 0.260. The normalized spacial score (nSPS) is 10.5. The molecule has 116 valence electrons. The van der Waals surface area contributed by atoms with Crippen molar-refractivity contribution in [2.75, 3.05) is 13.1 Å². The number of benzene rings is 1. The molecule has 0 aliphatic rings. The molecule has 0 fully saturated rings. The van der Waals surface area contributed by atoms with Gasteiger partial charge in [-0.2, -0.15) is 5.10 Å². The first-order valence-corrected chi connectivity index (χ1v) is 7.16. The van der Waals surface area contributed by atoms with Gasteiger partial charge in [0.1, 0.15) is 6.54 Å². The molecular formula is C16H19N3O3. The fourth-order valence-electron chi connectivity index (χ4n) is 2.26. The zero-order chi connectivity index (χ0) is 16.1. The van der Waals surface area contributed by atoms with Crippen molar-refractivity contribution in [1.29, 1.82) is 0 Å². The van der Waals surface area contributed by atoms with Crippen LogP contribution in [0.5, 0.6) is 0 Å². The highest BCUT2D eigenvalue weighted by atomic mass is 16.4. The maximum Gasteiger partial charge on any atom is 0.323 e. The van der Waals surface area contributed by atoms with Crippen molar-refractivity contribution in [3.8, 4) is 5.69 Å². The molecule has 1 N–H and O–H groups in total. The average Bonchev–Trinajstić information content (AvgIpc) is 2.88. The second-order valence-electron chi connectivity index (χ2n) is 5.04. The molecule has 22 heavy (non-hydrogen) atoms. The van der Waals surface area contributed by atoms with Crippen LogP contribution in [0.15, 0.2) is 36.4 Å². The number of aryl methyl sites for hydroxylation is 1. The fraction of sp³-hybridized carbons (Fsp3) is 0.312. The predicted octanol–water partition coefficient (Wildman–Crippen LogP) is 2.12. The Morgan fingerprint density at radius 2 is 1.95 bits per heavy atom. The zero-order valence-corrected chi connectivity index (χ0v) is 12.7. The molecule has 0 aliphatic carbocycles. The number of carbonyl (C=O) groups is 2. The van der Waals surface area contributed by atoms with Crippen LogP contribution in [0, 0.1) is 6.92 Å². The van der Waals surface area contributed by atoms with E-state index < -0.39 is 5.97 Å². The smallest absolute Gasteiger partial charge is 0.323 e. The summed E-state index contributed by atoms with van der Waals surface area (Å²) >= 11 is 0. The Hall–Kier alpha value is -2.63. The van der Waals surface area contributed by atoms with Crippen LogP contribution in [0.4, 0.5) is 0 Å². The molecule has 0 spiro atoms. The van der Waals surface area contributed by atoms with Crippen LogP contribution < -0.4 is 0 Å². The quantitative estimate of drug-likeness (QED) is 0.886. The summed E-state index contributed by atoms with van der Waals surface area (Å²) in [5.41, 5.74) is 1.94. The number of aliphatic carboxylic acids is 1. The van der Waals surface area contributed by atoms with E-state index in [4.69, 9.17) is 5.11 Å². The molecule has 0 atom stereocenters. The van der Waals surface area contributed by atoms with Gasteiger partial charge in [-0.1, -0.05) is 25.1 Å². The number of rotatable bonds is 6. The third kappa shape index (κ3) is 3.52. The van der Waals surface area contributed by atoms with Gasteiger partial charge in [0.05, 0.1) is 5.69 Å². The molecule has 0 radical (unpaired) electrons. The lowest BCUT2D eigenvalue weighted by Gasteiger charge is -2.18. The van der Waals surface area contributed by atoms with Gasteiger partial charge in [-0.15, -0.1) is 0 Å². The number of hydrogen-bond acceptors (Lipinski definition) is 3. The molecule has 2 rings (SSSR count). The molecule has 1 aromatic carbocycles. The van der Waals surface area contributed by atoms with E-state index in [2.05, 4.69) is 5.10 Å². The SMILES string of the molecule is CCCN(CC(=O)O)C(=O)c1cc(C)n(-c2ccccc2)n1. The van der Waals surface area contributed by atoms with Gasteiger partial charge in [-0.25, -0.2) is 4.68 Å². The molecule has 0 bridgehead atoms. The molecule has 6 nitrogen and oxygen atoms in total. The van der Waals surface area contributed by atoms with Crippen LogP contribution in [0.2, 0.25) is 0 Å². The molecule has 0 saturated carbocycles. The molecule has 1 heterocycles. The first-order chi connectivity index (χ1) is 10.5. The van der Waals surface area contributed by atoms with Crippen LogP contribution in [0.1, 0.15) is 29.5 Å². The molecule has 6 heteroatoms. The summed E-state index contributed by atoms with van der Waals surface area (Å²) in [6.45, 7) is 3.83. The monoisotopic (exact) mass is 301 g/mol. The number of hydrogen-bond donors (Lipinski definition) is 1. The summed E-state index contributed by atoms with van der Waals surface area (Å²) in [4.78, 5) is 24.7. The maximum absolute atomic E-state index is 12.5. The van der Waals surface area contributed by atoms with Crippen molar-refractivity contribution in [3.05, 3.63) is 47.8 Å². The van der Waals surface area contributed by atoms with Crippen molar-refractivity contribution in [1.82, 2.24) is 14.7 Å². The van der Waals surface area contributed by atoms with E-state index in [1.165, 1.54) is 4.90 Å². The second kappa shape index (κ2) is 6.89. The molecule has 1 amide bonds. The van der Waals surface area contributed by atoms with E-state index in [0.29, 0.717) is 13.0 Å². The number of amides is 1. The molecule has 1 aromatic heterocycles. The summed E-state index contributed by atoms with van der Waals surface area (Å²) in [6.07, 6.45) is 0.692. The summed E-state index contributed by atoms with van der Waals surface area (Å²) in [5.74, 6) is -1.39. The van der Waals surface area contributed by atoms with Crippen molar-refractivity contribution in [2.24, 2.45) is 0 Å². The highest BCUT2D eigenvalue weighted by Gasteiger charge is 2.21. The van der Waals surface area contributed by atoms with Crippen LogP contribution in [0.25, 0.3) is 5.69 Å². The van der Waals surface area contributed by atoms with E-state index in [9.17, 15) is 9.59 Å². The number of carboxylic acid groups (broad SMARTS) is 1. The van der Waals surface area contributed by atoms with E-state index in [0.717, 1.165) is 11.4 Å². The summed E-state index contributed by atoms with van der Waals surface area (Å²) in [7, 11) is 0. The third-order valence-electron chi connectivity index (χ3n) is 3.21. The molecular weight excluding hydrogens is 282 g/mol. The highest BCUT2D eigenvalue weighted by molar-refractivity contribution is 5.94. The van der Waals surface area contributed by atoms with Gasteiger partial charge in [0.15, 0.2) is 5.69 Å². The standard InChI is InChI=1S/C16H19N3O3/c1-3-9-18(11-15(20)21)16(22)14-10-12(2)19(17-14)13-7-5-4-6-8-13/h4-8,10H,3,9,11H2,1-2H3,(H,20,21). The minimum atomic E-state index is -1.03. The Labute approximate surface area is 129 Å². The topological polar surface area (TPSA) is 75.4 Å². The predicted molar refractivity (Wildman–Crippen MR) is 82.1 cm³/mol. The van der Waals surface area contributed by atoms with Gasteiger partial charge in [-0.3, -0.25) is 9.59 Å². The van der Waals surface area contributed by atoms with Crippen molar-refractivity contribution in [2.45, 2.75) is 20.3 Å². The lowest BCUT2D eigenvalue weighted by atomic mass is 10.3. The highest BCUT2D eigenvalue weighted by Crippen LogP contribution is 2.13. The Kier molecular flexibility index (Phi) is 4.93. The van der Waals surface area contributed by atoms with Crippen molar-refractivity contribution < 1.29 is 14.7 Å². The van der Waals surface area contributed by atoms with Crippen LogP contribution in [0.3, 0.4) is 0 Å². The van der Waals surface area contributed by atoms with E-state index in [1.807, 2.05) is 44.2 Å². The van der Waals surface area contributed by atoms with Gasteiger partial charge in [-0.05, 0) is 31.5 Å². The first kappa shape index (κ1) is 15.8. The fourth-order valence-corrected chi connectivity index (χ4v) is 2.26. The van der Waals surface area contributed by atoms with Gasteiger partial charge in [0.2, 0.25) is 0 Å². The van der Waals surface area contributed by atoms with Gasteiger partial charge in [0, 0.05) is 12.2 Å². The van der Waals surface area contributed by atoms with E-state index in [-0.39, 0.29) is 18.1 Å². The van der Waals surface area contributed by atoms with E-state index >= 15 is 0 Å². The summed E-state index contributed by atoms with van der Waals surface area (Å²) in [5, 5.41) is 13.2. The van der Waals surface area contributed by atoms with Gasteiger partial charge < -0.3 is 10.0 Å². The first-order valence-electron chi connectivity index (χ1n) is 7.16. The number of carboxylic acids is 1. The summed E-state index contributed by atoms with van der Waals surface area (Å²) in [6, 6.07) is 11.2. The average molecular weight is 301 g/mol. The number of carbonyl (C=O) groups excluding carboxylic acids is 1. The Balaban J connectivity index is 2.29. The molecule has 0 aliphatic heterocycles. The summed E-state index contributed by atoms with van der Waals surface area (Å²) < 4.78 is 1.68. The van der Waals surface area contributed by atoms with Gasteiger partial charge >= 0.3 is 5.97 Å². The largest absolute Gasteiger partial charge is 0.480 e. The van der Waals surface area contributed by atoms with Gasteiger partial charge in [0.25, 0.3) is 5.91 Å². The third-order valence-corrected chi connectivity index (χ3v) is 3.21. The molecule has 0 saturated heterocycles. The van der Waals surface area contributed by atoms with Crippen LogP contribution in [-0.2, 0) is 4.79 Å². The molecule has 0 unspecified atom stereocenters. The Bertz CT molecular complexity index is 665. The minimum Gasteiger partial charge on any atom is -0.480 e. The Morgan fingerprint density at radius 1 is 1.27 bits per heavy atom. The van der Waals surface area contributed by atoms with Crippen LogP contribution in [-0.4, -0.2) is 44.8 Å². The number of para-hydroxylation sites is 1. The second-order valence-corrected chi connectivity index (χ2v) is 5.04. The van der Waals surface area contributed by atoms with Crippen LogP contribution >= 0.6 is 0 Å². The number of nitrogens with zero attached hydrogens (tertiary/aromatic N) is 3. The van der Waals surface area contributed by atoms with Crippen molar-refractivity contribution in [3.63, 3.8) is 0 Å². The molecule has 2 aromatic rings. The Morgan fingerprint density at radius 3 is 2.55 bits per heavy atom. The van der Waals surface area contributed by atoms with Crippen molar-refractivity contribution >= 4 is 11.9 Å². The number of aromatic nitrogens is 2. The maximum atomic E-state index is 12.5. The lowest BCUT2D eigenvalue weighted by Crippen LogP contribution is -2.36. The lowest BCUT2D eigenvalue weighted by molar-refractivity contribution is -0.137.